The van der Waals surface area contributed by atoms with E-state index in [0.29, 0.717) is 20.7 Å². The molecule has 0 radical (unpaired) electrons. The van der Waals surface area contributed by atoms with E-state index in [0.717, 1.165) is 5.56 Å². The first-order chi connectivity index (χ1) is 11.6. The molecule has 1 unspecified atom stereocenters. The first-order valence-corrected chi connectivity index (χ1v) is 9.36. The summed E-state index contributed by atoms with van der Waals surface area (Å²) < 4.78 is 0. The zero-order valence-electron chi connectivity index (χ0n) is 14.2. The van der Waals surface area contributed by atoms with Gasteiger partial charge in [-0.1, -0.05) is 44.0 Å². The SMILES string of the molecule is CC(C)(C)C(CC(=O)Cc1csc(-c2ccc(Cl)cc2Cl)n1)C(=O)O. The number of carboxylic acids is 1. The number of carboxylic acid groups (broad SMARTS) is 1. The fourth-order valence-electron chi connectivity index (χ4n) is 2.44. The predicted octanol–water partition coefficient (Wildman–Crippen LogP) is 5.37. The number of nitrogens with zero attached hydrogens (tertiary/aromatic N) is 1. The standard InChI is InChI=1S/C18H19Cl2NO3S/c1-18(2,3)14(17(23)24)8-12(22)7-11-9-25-16(21-11)13-5-4-10(19)6-15(13)20/h4-6,9,14H,7-8H2,1-3H3,(H,23,24). The molecule has 4 nitrogen and oxygen atoms in total. The summed E-state index contributed by atoms with van der Waals surface area (Å²) in [6.45, 7) is 5.47. The Kier molecular flexibility index (Phi) is 6.25. The largest absolute Gasteiger partial charge is 0.481 e. The molecular formula is C18H19Cl2NO3S. The molecule has 1 heterocycles. The van der Waals surface area contributed by atoms with Crippen LogP contribution in [0, 0.1) is 11.3 Å². The van der Waals surface area contributed by atoms with Crippen LogP contribution in [0.1, 0.15) is 32.9 Å². The van der Waals surface area contributed by atoms with E-state index < -0.39 is 17.3 Å². The van der Waals surface area contributed by atoms with Crippen LogP contribution in [-0.2, 0) is 16.0 Å². The third kappa shape index (κ3) is 5.27. The highest BCUT2D eigenvalue weighted by atomic mass is 35.5. The van der Waals surface area contributed by atoms with Crippen molar-refractivity contribution in [1.82, 2.24) is 4.98 Å². The van der Waals surface area contributed by atoms with Crippen molar-refractivity contribution < 1.29 is 14.7 Å². The van der Waals surface area contributed by atoms with Gasteiger partial charge in [-0.2, -0.15) is 0 Å². The number of hydrogen-bond donors (Lipinski definition) is 1. The van der Waals surface area contributed by atoms with Crippen molar-refractivity contribution >= 4 is 46.3 Å². The fraction of sp³-hybridized carbons (Fsp3) is 0.389. The summed E-state index contributed by atoms with van der Waals surface area (Å²) in [6.07, 6.45) is 0.106. The number of ketones is 1. The van der Waals surface area contributed by atoms with Gasteiger partial charge in [0.1, 0.15) is 10.8 Å². The number of halogens is 2. The van der Waals surface area contributed by atoms with Crippen LogP contribution >= 0.6 is 34.5 Å². The van der Waals surface area contributed by atoms with E-state index in [9.17, 15) is 14.7 Å². The Labute approximate surface area is 160 Å². The summed E-state index contributed by atoms with van der Waals surface area (Å²) >= 11 is 13.5. The number of hydrogen-bond acceptors (Lipinski definition) is 4. The lowest BCUT2D eigenvalue weighted by molar-refractivity contribution is -0.147. The Morgan fingerprint density at radius 2 is 1.96 bits per heavy atom. The number of thiazole rings is 1. The molecule has 1 N–H and O–H groups in total. The number of Topliss-reactive ketones (excluding diaryl/α,β-unsaturated/α-hetero) is 1. The van der Waals surface area contributed by atoms with Gasteiger partial charge in [0.2, 0.25) is 0 Å². The van der Waals surface area contributed by atoms with Crippen molar-refractivity contribution in [3.8, 4) is 10.6 Å². The molecule has 25 heavy (non-hydrogen) atoms. The smallest absolute Gasteiger partial charge is 0.307 e. The van der Waals surface area contributed by atoms with Crippen LogP contribution in [0.25, 0.3) is 10.6 Å². The highest BCUT2D eigenvalue weighted by Gasteiger charge is 2.33. The summed E-state index contributed by atoms with van der Waals surface area (Å²) in [7, 11) is 0. The molecule has 0 aliphatic heterocycles. The van der Waals surface area contributed by atoms with Crippen LogP contribution in [0.2, 0.25) is 10.0 Å². The maximum absolute atomic E-state index is 12.3. The summed E-state index contributed by atoms with van der Waals surface area (Å²) in [6, 6.07) is 5.16. The zero-order valence-corrected chi connectivity index (χ0v) is 16.5. The number of carbonyl (C=O) groups excluding carboxylic acids is 1. The number of aromatic nitrogens is 1. The van der Waals surface area contributed by atoms with Gasteiger partial charge in [-0.15, -0.1) is 11.3 Å². The van der Waals surface area contributed by atoms with Gasteiger partial charge in [0.15, 0.2) is 0 Å². The second-order valence-corrected chi connectivity index (χ2v) is 8.65. The molecule has 0 saturated carbocycles. The molecule has 0 spiro atoms. The topological polar surface area (TPSA) is 67.3 Å². The van der Waals surface area contributed by atoms with Crippen LogP contribution in [-0.4, -0.2) is 21.8 Å². The van der Waals surface area contributed by atoms with Crippen LogP contribution < -0.4 is 0 Å². The van der Waals surface area contributed by atoms with Crippen molar-refractivity contribution in [2.24, 2.45) is 11.3 Å². The van der Waals surface area contributed by atoms with Crippen molar-refractivity contribution in [3.05, 3.63) is 39.3 Å². The minimum absolute atomic E-state index is 0.00655. The van der Waals surface area contributed by atoms with Crippen molar-refractivity contribution in [2.45, 2.75) is 33.6 Å². The predicted molar refractivity (Wildman–Crippen MR) is 101 cm³/mol. The minimum Gasteiger partial charge on any atom is -0.481 e. The molecule has 0 saturated heterocycles. The van der Waals surface area contributed by atoms with E-state index >= 15 is 0 Å². The molecule has 0 amide bonds. The highest BCUT2D eigenvalue weighted by molar-refractivity contribution is 7.13. The molecule has 2 aromatic rings. The van der Waals surface area contributed by atoms with Gasteiger partial charge in [-0.25, -0.2) is 4.98 Å². The molecule has 1 aromatic heterocycles. The molecule has 0 fully saturated rings. The van der Waals surface area contributed by atoms with Crippen LogP contribution in [0.15, 0.2) is 23.6 Å². The number of rotatable bonds is 6. The van der Waals surface area contributed by atoms with Crippen molar-refractivity contribution in [2.75, 3.05) is 0 Å². The molecule has 0 aliphatic rings. The van der Waals surface area contributed by atoms with Gasteiger partial charge in [-0.05, 0) is 23.6 Å². The van der Waals surface area contributed by atoms with E-state index in [1.165, 1.54) is 11.3 Å². The second-order valence-electron chi connectivity index (χ2n) is 6.94. The average molecular weight is 400 g/mol. The molecule has 1 aromatic carbocycles. The van der Waals surface area contributed by atoms with Gasteiger partial charge in [0.05, 0.1) is 16.6 Å². The molecule has 2 rings (SSSR count). The number of aliphatic carboxylic acids is 1. The normalized spacial score (nSPS) is 12.8. The van der Waals surface area contributed by atoms with Gasteiger partial charge < -0.3 is 5.11 Å². The third-order valence-corrected chi connectivity index (χ3v) is 5.34. The lowest BCUT2D eigenvalue weighted by Gasteiger charge is -2.26. The van der Waals surface area contributed by atoms with Gasteiger partial charge in [0.25, 0.3) is 0 Å². The van der Waals surface area contributed by atoms with Crippen molar-refractivity contribution in [3.63, 3.8) is 0 Å². The molecule has 134 valence electrons. The van der Waals surface area contributed by atoms with Gasteiger partial charge in [0, 0.05) is 28.8 Å². The Balaban J connectivity index is 2.10. The fourth-order valence-corrected chi connectivity index (χ4v) is 3.85. The Morgan fingerprint density at radius 1 is 1.28 bits per heavy atom. The molecule has 1 atom stereocenters. The van der Waals surface area contributed by atoms with E-state index in [1.54, 1.807) is 23.6 Å². The minimum atomic E-state index is -0.951. The van der Waals surface area contributed by atoms with Crippen LogP contribution in [0.5, 0.6) is 0 Å². The van der Waals surface area contributed by atoms with E-state index in [-0.39, 0.29) is 18.6 Å². The van der Waals surface area contributed by atoms with Crippen LogP contribution in [0.3, 0.4) is 0 Å². The first kappa shape index (κ1) is 19.9. The number of benzene rings is 1. The Hall–Kier alpha value is -1.43. The maximum atomic E-state index is 12.3. The molecular weight excluding hydrogens is 381 g/mol. The van der Waals surface area contributed by atoms with Crippen LogP contribution in [0.4, 0.5) is 0 Å². The molecule has 0 aliphatic carbocycles. The van der Waals surface area contributed by atoms with Crippen molar-refractivity contribution in [1.29, 1.82) is 0 Å². The lowest BCUT2D eigenvalue weighted by atomic mass is 9.77. The Bertz CT molecular complexity index is 796. The quantitative estimate of drug-likeness (QED) is 0.708. The summed E-state index contributed by atoms with van der Waals surface area (Å²) in [4.78, 5) is 28.1. The summed E-state index contributed by atoms with van der Waals surface area (Å²) in [5.74, 6) is -1.81. The highest BCUT2D eigenvalue weighted by Crippen LogP contribution is 2.33. The summed E-state index contributed by atoms with van der Waals surface area (Å²) in [5, 5.41) is 12.9. The lowest BCUT2D eigenvalue weighted by Crippen LogP contribution is -2.31. The molecule has 0 bridgehead atoms. The first-order valence-electron chi connectivity index (χ1n) is 7.72. The monoisotopic (exact) mass is 399 g/mol. The Morgan fingerprint density at radius 3 is 2.52 bits per heavy atom. The van der Waals surface area contributed by atoms with Gasteiger partial charge >= 0.3 is 5.97 Å². The van der Waals surface area contributed by atoms with E-state index in [4.69, 9.17) is 23.2 Å². The summed E-state index contributed by atoms with van der Waals surface area (Å²) in [5.41, 5.74) is 0.896. The maximum Gasteiger partial charge on any atom is 0.307 e. The number of carbonyl (C=O) groups is 2. The second kappa shape index (κ2) is 7.85. The average Bonchev–Trinajstić information content (AvgIpc) is 2.91. The van der Waals surface area contributed by atoms with Gasteiger partial charge in [-0.3, -0.25) is 9.59 Å². The molecule has 7 heteroatoms. The van der Waals surface area contributed by atoms with E-state index in [1.807, 2.05) is 20.8 Å². The van der Waals surface area contributed by atoms with E-state index in [2.05, 4.69) is 4.98 Å². The zero-order chi connectivity index (χ0) is 18.8. The third-order valence-electron chi connectivity index (χ3n) is 3.87.